The molecule has 116 valence electrons. The first-order valence-corrected chi connectivity index (χ1v) is 8.12. The molecule has 1 heterocycles. The van der Waals surface area contributed by atoms with Crippen LogP contribution in [-0.2, 0) is 4.79 Å². The Morgan fingerprint density at radius 1 is 1.43 bits per heavy atom. The van der Waals surface area contributed by atoms with Crippen LogP contribution in [0.3, 0.4) is 0 Å². The van der Waals surface area contributed by atoms with Gasteiger partial charge in [0.25, 0.3) is 0 Å². The first kappa shape index (κ1) is 16.0. The van der Waals surface area contributed by atoms with Gasteiger partial charge in [-0.3, -0.25) is 4.79 Å². The van der Waals surface area contributed by atoms with Crippen LogP contribution in [0.2, 0.25) is 0 Å². The molecule has 1 saturated heterocycles. The number of nitrogens with one attached hydrogen (secondary N) is 2. The Balaban J connectivity index is 2.00. The van der Waals surface area contributed by atoms with E-state index >= 15 is 0 Å². The number of carbonyl (C=O) groups is 1. The third-order valence-corrected chi connectivity index (χ3v) is 4.67. The Labute approximate surface area is 128 Å². The fraction of sp³-hybridized carbons (Fsp3) is 0.611. The molecule has 21 heavy (non-hydrogen) atoms. The second-order valence-electron chi connectivity index (χ2n) is 6.40. The van der Waals surface area contributed by atoms with E-state index in [1.165, 1.54) is 23.1 Å². The summed E-state index contributed by atoms with van der Waals surface area (Å²) in [5.74, 6) is 0.819. The van der Waals surface area contributed by atoms with Crippen molar-refractivity contribution >= 4 is 5.91 Å². The van der Waals surface area contributed by atoms with Crippen molar-refractivity contribution in [3.05, 3.63) is 34.9 Å². The van der Waals surface area contributed by atoms with Crippen molar-refractivity contribution < 1.29 is 4.79 Å². The topological polar surface area (TPSA) is 41.1 Å². The normalized spacial score (nSPS) is 23.6. The summed E-state index contributed by atoms with van der Waals surface area (Å²) in [6.07, 6.45) is 3.31. The molecule has 1 aromatic rings. The minimum absolute atomic E-state index is 0.0312. The van der Waals surface area contributed by atoms with E-state index in [2.05, 4.69) is 56.5 Å². The molecule has 0 spiro atoms. The number of hydrogen-bond donors (Lipinski definition) is 2. The van der Waals surface area contributed by atoms with Crippen LogP contribution >= 0.6 is 0 Å². The highest BCUT2D eigenvalue weighted by atomic mass is 16.2. The fourth-order valence-electron chi connectivity index (χ4n) is 3.18. The van der Waals surface area contributed by atoms with Gasteiger partial charge in [0.1, 0.15) is 0 Å². The van der Waals surface area contributed by atoms with Crippen LogP contribution in [0.25, 0.3) is 0 Å². The second-order valence-corrected chi connectivity index (χ2v) is 6.40. The summed E-state index contributed by atoms with van der Waals surface area (Å²) in [4.78, 5) is 12.5. The Morgan fingerprint density at radius 3 is 2.90 bits per heavy atom. The molecule has 1 aliphatic rings. The summed E-state index contributed by atoms with van der Waals surface area (Å²) < 4.78 is 0. The van der Waals surface area contributed by atoms with E-state index in [1.807, 2.05) is 0 Å². The van der Waals surface area contributed by atoms with E-state index in [9.17, 15) is 4.79 Å². The van der Waals surface area contributed by atoms with Crippen molar-refractivity contribution in [3.63, 3.8) is 0 Å². The monoisotopic (exact) mass is 288 g/mol. The predicted octanol–water partition coefficient (Wildman–Crippen LogP) is 3.26. The van der Waals surface area contributed by atoms with Crippen LogP contribution in [-0.4, -0.2) is 18.5 Å². The highest BCUT2D eigenvalue weighted by molar-refractivity contribution is 5.82. The molecule has 0 aromatic heterocycles. The van der Waals surface area contributed by atoms with Gasteiger partial charge in [-0.25, -0.2) is 0 Å². The van der Waals surface area contributed by atoms with Gasteiger partial charge in [0.05, 0.1) is 12.1 Å². The Morgan fingerprint density at radius 2 is 2.19 bits per heavy atom. The average Bonchev–Trinajstić information content (AvgIpc) is 2.49. The van der Waals surface area contributed by atoms with Gasteiger partial charge in [-0.15, -0.1) is 0 Å². The third-order valence-electron chi connectivity index (χ3n) is 4.67. The molecule has 3 nitrogen and oxygen atoms in total. The minimum atomic E-state index is -0.0312. The van der Waals surface area contributed by atoms with Crippen molar-refractivity contribution in [2.45, 2.75) is 59.0 Å². The van der Waals surface area contributed by atoms with Crippen molar-refractivity contribution in [1.29, 1.82) is 0 Å². The third kappa shape index (κ3) is 4.07. The van der Waals surface area contributed by atoms with Crippen molar-refractivity contribution in [2.24, 2.45) is 5.92 Å². The van der Waals surface area contributed by atoms with E-state index in [-0.39, 0.29) is 18.0 Å². The molecule has 0 aliphatic carbocycles. The smallest absolute Gasteiger partial charge is 0.237 e. The van der Waals surface area contributed by atoms with Crippen molar-refractivity contribution in [1.82, 2.24) is 10.6 Å². The van der Waals surface area contributed by atoms with E-state index < -0.39 is 0 Å². The van der Waals surface area contributed by atoms with Gasteiger partial charge in [-0.05, 0) is 57.2 Å². The number of rotatable bonds is 4. The Bertz CT molecular complexity index is 498. The highest BCUT2D eigenvalue weighted by Gasteiger charge is 2.26. The largest absolute Gasteiger partial charge is 0.348 e. The van der Waals surface area contributed by atoms with Gasteiger partial charge in [-0.2, -0.15) is 0 Å². The maximum absolute atomic E-state index is 12.5. The summed E-state index contributed by atoms with van der Waals surface area (Å²) >= 11 is 0. The first-order chi connectivity index (χ1) is 10.0. The summed E-state index contributed by atoms with van der Waals surface area (Å²) in [6, 6.07) is 6.43. The summed E-state index contributed by atoms with van der Waals surface area (Å²) in [7, 11) is 0. The average molecular weight is 288 g/mol. The number of benzene rings is 1. The molecule has 1 aromatic carbocycles. The number of aryl methyl sites for hydroxylation is 2. The Kier molecular flexibility index (Phi) is 5.40. The van der Waals surface area contributed by atoms with Crippen LogP contribution in [0, 0.1) is 19.8 Å². The van der Waals surface area contributed by atoms with E-state index in [0.717, 1.165) is 19.4 Å². The van der Waals surface area contributed by atoms with Gasteiger partial charge in [0, 0.05) is 0 Å². The number of amides is 1. The Hall–Kier alpha value is -1.35. The molecule has 1 fully saturated rings. The van der Waals surface area contributed by atoms with Crippen LogP contribution in [0.15, 0.2) is 18.2 Å². The molecule has 0 saturated carbocycles. The van der Waals surface area contributed by atoms with Gasteiger partial charge in [0.15, 0.2) is 0 Å². The lowest BCUT2D eigenvalue weighted by Crippen LogP contribution is -2.49. The fourth-order valence-corrected chi connectivity index (χ4v) is 3.18. The molecule has 3 unspecified atom stereocenters. The van der Waals surface area contributed by atoms with Gasteiger partial charge in [0.2, 0.25) is 5.91 Å². The van der Waals surface area contributed by atoms with E-state index in [4.69, 9.17) is 0 Å². The first-order valence-electron chi connectivity index (χ1n) is 8.12. The van der Waals surface area contributed by atoms with Gasteiger partial charge in [-0.1, -0.05) is 37.1 Å². The molecule has 1 aliphatic heterocycles. The summed E-state index contributed by atoms with van der Waals surface area (Å²) in [5.41, 5.74) is 3.68. The van der Waals surface area contributed by atoms with Crippen molar-refractivity contribution in [2.75, 3.05) is 6.54 Å². The van der Waals surface area contributed by atoms with E-state index in [0.29, 0.717) is 5.92 Å². The zero-order chi connectivity index (χ0) is 15.4. The molecule has 1 amide bonds. The molecular weight excluding hydrogens is 260 g/mol. The van der Waals surface area contributed by atoms with Crippen LogP contribution in [0.1, 0.15) is 55.8 Å². The van der Waals surface area contributed by atoms with Crippen molar-refractivity contribution in [3.8, 4) is 0 Å². The minimum Gasteiger partial charge on any atom is -0.348 e. The molecule has 2 rings (SSSR count). The quantitative estimate of drug-likeness (QED) is 0.893. The molecule has 3 heteroatoms. The zero-order valence-corrected chi connectivity index (χ0v) is 13.7. The van der Waals surface area contributed by atoms with Crippen LogP contribution < -0.4 is 10.6 Å². The van der Waals surface area contributed by atoms with Gasteiger partial charge < -0.3 is 10.6 Å². The maximum atomic E-state index is 12.5. The SMILES string of the molecule is CCC1CCNC(C(=O)NC(C)c2cc(C)ccc2C)C1. The standard InChI is InChI=1S/C18H28N2O/c1-5-15-8-9-19-17(11-15)18(21)20-14(4)16-10-12(2)6-7-13(16)3/h6-7,10,14-15,17,19H,5,8-9,11H2,1-4H3,(H,20,21). The lowest BCUT2D eigenvalue weighted by Gasteiger charge is -2.30. The van der Waals surface area contributed by atoms with Crippen LogP contribution in [0.5, 0.6) is 0 Å². The molecule has 3 atom stereocenters. The predicted molar refractivity (Wildman–Crippen MR) is 87.3 cm³/mol. The molecule has 2 N–H and O–H groups in total. The maximum Gasteiger partial charge on any atom is 0.237 e. The number of carbonyl (C=O) groups excluding carboxylic acids is 1. The number of hydrogen-bond acceptors (Lipinski definition) is 2. The van der Waals surface area contributed by atoms with E-state index in [1.54, 1.807) is 0 Å². The van der Waals surface area contributed by atoms with Crippen LogP contribution in [0.4, 0.5) is 0 Å². The molecule has 0 bridgehead atoms. The summed E-state index contributed by atoms with van der Waals surface area (Å²) in [5, 5.41) is 6.53. The zero-order valence-electron chi connectivity index (χ0n) is 13.7. The lowest BCUT2D eigenvalue weighted by atomic mass is 9.90. The summed E-state index contributed by atoms with van der Waals surface area (Å²) in [6.45, 7) is 9.42. The lowest BCUT2D eigenvalue weighted by molar-refractivity contribution is -0.124. The highest BCUT2D eigenvalue weighted by Crippen LogP contribution is 2.22. The molecular formula is C18H28N2O. The second kappa shape index (κ2) is 7.08. The van der Waals surface area contributed by atoms with Gasteiger partial charge >= 0.3 is 0 Å². The number of piperidine rings is 1. The molecule has 0 radical (unpaired) electrons.